The number of nitrogens with two attached hydrogens (primary N) is 2. The van der Waals surface area contributed by atoms with E-state index in [2.05, 4.69) is 249 Å². The zero-order valence-corrected chi connectivity index (χ0v) is 57.4. The molecule has 13 rings (SSSR count). The monoisotopic (exact) mass is 1280 g/mol. The van der Waals surface area contributed by atoms with Crippen molar-refractivity contribution in [2.75, 3.05) is 38.6 Å². The Morgan fingerprint density at radius 3 is 0.866 bits per heavy atom. The van der Waals surface area contributed by atoms with Crippen LogP contribution in [0, 0.1) is 103 Å². The summed E-state index contributed by atoms with van der Waals surface area (Å²) in [6.07, 6.45) is 0. The van der Waals surface area contributed by atoms with Crippen LogP contribution in [0.4, 0.5) is 68.2 Å². The Hall–Kier alpha value is -11.8. The topological polar surface area (TPSA) is 169 Å². The van der Waals surface area contributed by atoms with E-state index in [4.69, 9.17) is 11.5 Å². The highest BCUT2D eigenvalue weighted by Gasteiger charge is 2.30. The van der Waals surface area contributed by atoms with Gasteiger partial charge in [-0.05, 0) is 176 Å². The number of rotatable bonds is 11. The fourth-order valence-corrected chi connectivity index (χ4v) is 13.6. The lowest BCUT2D eigenvalue weighted by Gasteiger charge is -2.35. The van der Waals surface area contributed by atoms with Crippen molar-refractivity contribution < 1.29 is 9.85 Å². The molecule has 0 fully saturated rings. The third-order valence-electron chi connectivity index (χ3n) is 17.5. The first-order valence-electron chi connectivity index (χ1n) is 32.5. The standard InChI is InChI=1S/C31H32N2.C30H32N2.C12H8N2O4.C12H12N2/c1-20-15-22(3)30(23(4)16-20)32-19-33(31-24(5)17-21(2)18-25(31)6)29-14-10-8-12-27(29)26-11-7-9-13-28(26)32;1-19-15-21(3)29(22(4)16-19)31-27-13-9-7-11-25(27)26-12-8-10-14-28(26)32-30-23(5)17-20(2)18-24(30)6;15-13(16)11-7-3-1-5-9(11)10-6-2-4-8-12(10)14(17)18;13-11-7-3-1-5-9(11)10-6-2-4-8-12(10)14/h7-18H,19H2,1-6H3;7-18,31-32H,1-6H3;1-8H;1-8H,13-14H2. The van der Waals surface area contributed by atoms with Gasteiger partial charge in [-0.15, -0.1) is 0 Å². The maximum absolute atomic E-state index is 10.9. The van der Waals surface area contributed by atoms with Gasteiger partial charge in [0.2, 0.25) is 0 Å². The number of anilines is 10. The Kier molecular flexibility index (Phi) is 21.1. The Morgan fingerprint density at radius 1 is 0.309 bits per heavy atom. The summed E-state index contributed by atoms with van der Waals surface area (Å²) >= 11 is 0. The molecule has 0 aliphatic carbocycles. The quantitative estimate of drug-likeness (QED) is 0.0556. The highest BCUT2D eigenvalue weighted by molar-refractivity contribution is 5.95. The summed E-state index contributed by atoms with van der Waals surface area (Å²) < 4.78 is 0. The first-order chi connectivity index (χ1) is 46.6. The van der Waals surface area contributed by atoms with Crippen LogP contribution in [0.1, 0.15) is 66.8 Å². The van der Waals surface area contributed by atoms with E-state index in [1.165, 1.54) is 160 Å². The van der Waals surface area contributed by atoms with Crippen molar-refractivity contribution in [2.24, 2.45) is 0 Å². The summed E-state index contributed by atoms with van der Waals surface area (Å²) in [6, 6.07) is 80.3. The van der Waals surface area contributed by atoms with Crippen molar-refractivity contribution in [1.82, 2.24) is 0 Å². The molecule has 6 N–H and O–H groups in total. The SMILES string of the molecule is Cc1cc(C)c(N2CN(c3c(C)cc(C)cc3C)c3ccccc3-c3ccccc32)c(C)c1.Cc1cc(C)c(Nc2ccccc2-c2ccccc2Nc2c(C)cc(C)cc2C)c(C)c1.Nc1ccccc1-c1ccccc1N.O=[N+]([O-])c1ccccc1-c1ccccc1[N+](=O)[O-]. The predicted molar refractivity (Wildman–Crippen MR) is 408 cm³/mol. The lowest BCUT2D eigenvalue weighted by molar-refractivity contribution is -0.386. The molecule has 0 radical (unpaired) electrons. The van der Waals surface area contributed by atoms with E-state index in [9.17, 15) is 20.2 Å². The summed E-state index contributed by atoms with van der Waals surface area (Å²) in [5, 5.41) is 29.3. The predicted octanol–water partition coefficient (Wildman–Crippen LogP) is 22.8. The number of nitrogens with one attached hydrogen (secondary N) is 2. The molecule has 0 amide bonds. The third-order valence-corrected chi connectivity index (χ3v) is 17.5. The molecular formula is C85H84N8O4. The number of fused-ring (bicyclic) bond motifs is 3. The van der Waals surface area contributed by atoms with Gasteiger partial charge in [-0.1, -0.05) is 204 Å². The highest BCUT2D eigenvalue weighted by atomic mass is 16.6. The Morgan fingerprint density at radius 2 is 0.557 bits per heavy atom. The summed E-state index contributed by atoms with van der Waals surface area (Å²) in [5.41, 5.74) is 45.5. The Balaban J connectivity index is 0.000000148. The number of nitro groups is 2. The van der Waals surface area contributed by atoms with Gasteiger partial charge in [0.1, 0.15) is 6.67 Å². The van der Waals surface area contributed by atoms with Crippen LogP contribution in [0.3, 0.4) is 0 Å². The molecule has 488 valence electrons. The van der Waals surface area contributed by atoms with Crippen LogP contribution in [-0.2, 0) is 0 Å². The average molecular weight is 1280 g/mol. The molecule has 0 bridgehead atoms. The molecule has 97 heavy (non-hydrogen) atoms. The van der Waals surface area contributed by atoms with Crippen molar-refractivity contribution in [2.45, 2.75) is 83.1 Å². The van der Waals surface area contributed by atoms with Crippen LogP contribution in [0.5, 0.6) is 0 Å². The molecule has 12 aromatic carbocycles. The lowest BCUT2D eigenvalue weighted by Crippen LogP contribution is -2.33. The molecule has 0 aromatic heterocycles. The number of hydrogen-bond donors (Lipinski definition) is 4. The number of para-hydroxylation sites is 8. The summed E-state index contributed by atoms with van der Waals surface area (Å²) in [6.45, 7) is 27.0. The van der Waals surface area contributed by atoms with Gasteiger partial charge in [-0.2, -0.15) is 0 Å². The highest BCUT2D eigenvalue weighted by Crippen LogP contribution is 2.48. The van der Waals surface area contributed by atoms with E-state index in [0.29, 0.717) is 0 Å². The van der Waals surface area contributed by atoms with E-state index in [1.54, 1.807) is 12.1 Å². The third kappa shape index (κ3) is 15.4. The van der Waals surface area contributed by atoms with Gasteiger partial charge < -0.3 is 31.9 Å². The van der Waals surface area contributed by atoms with E-state index >= 15 is 0 Å². The number of nitro benzene ring substituents is 2. The van der Waals surface area contributed by atoms with Gasteiger partial charge in [0.05, 0.1) is 32.3 Å². The summed E-state index contributed by atoms with van der Waals surface area (Å²) in [4.78, 5) is 25.7. The molecular weight excluding hydrogens is 1200 g/mol. The average Bonchev–Trinajstić information content (AvgIpc) is 1.63. The zero-order chi connectivity index (χ0) is 69.2. The van der Waals surface area contributed by atoms with Crippen molar-refractivity contribution >= 4 is 68.2 Å². The van der Waals surface area contributed by atoms with Crippen molar-refractivity contribution in [3.8, 4) is 44.5 Å². The van der Waals surface area contributed by atoms with Gasteiger partial charge >= 0.3 is 0 Å². The van der Waals surface area contributed by atoms with Crippen LogP contribution in [0.25, 0.3) is 44.5 Å². The molecule has 1 aliphatic heterocycles. The molecule has 0 saturated carbocycles. The minimum atomic E-state index is -0.550. The number of hydrogen-bond acceptors (Lipinski definition) is 10. The molecule has 0 unspecified atom stereocenters. The molecule has 1 heterocycles. The van der Waals surface area contributed by atoms with E-state index < -0.39 is 9.85 Å². The number of benzene rings is 12. The van der Waals surface area contributed by atoms with Crippen LogP contribution in [-0.4, -0.2) is 16.5 Å². The second kappa shape index (κ2) is 30.1. The van der Waals surface area contributed by atoms with Gasteiger partial charge in [-0.25, -0.2) is 0 Å². The fourth-order valence-electron chi connectivity index (χ4n) is 13.6. The van der Waals surface area contributed by atoms with Crippen LogP contribution >= 0.6 is 0 Å². The minimum Gasteiger partial charge on any atom is -0.398 e. The molecule has 0 saturated heterocycles. The van der Waals surface area contributed by atoms with Gasteiger partial charge in [-0.3, -0.25) is 20.2 Å². The second-order valence-corrected chi connectivity index (χ2v) is 25.1. The van der Waals surface area contributed by atoms with Crippen LogP contribution in [0.15, 0.2) is 243 Å². The molecule has 12 nitrogen and oxygen atoms in total. The zero-order valence-electron chi connectivity index (χ0n) is 57.4. The maximum atomic E-state index is 10.9. The Bertz CT molecular complexity index is 4500. The van der Waals surface area contributed by atoms with Crippen LogP contribution < -0.4 is 31.9 Å². The van der Waals surface area contributed by atoms with E-state index in [-0.39, 0.29) is 22.5 Å². The van der Waals surface area contributed by atoms with Gasteiger partial charge in [0.15, 0.2) is 0 Å². The molecule has 0 spiro atoms. The lowest BCUT2D eigenvalue weighted by atomic mass is 9.99. The van der Waals surface area contributed by atoms with E-state index in [1.807, 2.05) is 48.5 Å². The maximum Gasteiger partial charge on any atom is 0.277 e. The molecule has 12 aromatic rings. The van der Waals surface area contributed by atoms with Crippen molar-refractivity contribution in [1.29, 1.82) is 0 Å². The smallest absolute Gasteiger partial charge is 0.277 e. The first kappa shape index (κ1) is 68.1. The summed E-state index contributed by atoms with van der Waals surface area (Å²) in [5.74, 6) is 0. The van der Waals surface area contributed by atoms with E-state index in [0.717, 1.165) is 40.5 Å². The van der Waals surface area contributed by atoms with Crippen molar-refractivity contribution in [3.63, 3.8) is 0 Å². The number of nitrogen functional groups attached to an aromatic ring is 2. The molecule has 1 aliphatic rings. The van der Waals surface area contributed by atoms with Gasteiger partial charge in [0, 0.05) is 91.0 Å². The number of aryl methyl sites for hydroxylation is 12. The minimum absolute atomic E-state index is 0.146. The first-order valence-corrected chi connectivity index (χ1v) is 32.5. The number of nitrogens with zero attached hydrogens (tertiary/aromatic N) is 4. The largest absolute Gasteiger partial charge is 0.398 e. The van der Waals surface area contributed by atoms with Gasteiger partial charge in [0.25, 0.3) is 11.4 Å². The summed E-state index contributed by atoms with van der Waals surface area (Å²) in [7, 11) is 0. The fraction of sp³-hybridized carbons (Fsp3) is 0.153. The molecule has 12 heteroatoms. The Labute approximate surface area is 570 Å². The van der Waals surface area contributed by atoms with Crippen LogP contribution in [0.2, 0.25) is 0 Å². The normalized spacial score (nSPS) is 11.3. The van der Waals surface area contributed by atoms with Crippen molar-refractivity contribution in [3.05, 3.63) is 330 Å². The molecule has 0 atom stereocenters. The second-order valence-electron chi connectivity index (χ2n) is 25.1.